The van der Waals surface area contributed by atoms with Crippen molar-refractivity contribution in [2.45, 2.75) is 36.0 Å². The summed E-state index contributed by atoms with van der Waals surface area (Å²) in [5, 5.41) is 11.5. The molecular formula is C21H23N3O3S. The summed E-state index contributed by atoms with van der Waals surface area (Å²) in [6.07, 6.45) is 3.34. The van der Waals surface area contributed by atoms with Crippen LogP contribution in [0.1, 0.15) is 41.6 Å². The first-order valence-corrected chi connectivity index (χ1v) is 10.8. The maximum absolute atomic E-state index is 12.5. The van der Waals surface area contributed by atoms with Gasteiger partial charge in [0, 0.05) is 30.5 Å². The van der Waals surface area contributed by atoms with E-state index in [1.807, 2.05) is 24.3 Å². The van der Waals surface area contributed by atoms with Gasteiger partial charge in [-0.15, -0.1) is 0 Å². The van der Waals surface area contributed by atoms with Crippen molar-refractivity contribution in [1.29, 1.82) is 5.26 Å². The van der Waals surface area contributed by atoms with Crippen LogP contribution in [0.5, 0.6) is 0 Å². The van der Waals surface area contributed by atoms with Gasteiger partial charge in [0.15, 0.2) is 0 Å². The molecule has 1 aliphatic carbocycles. The van der Waals surface area contributed by atoms with Gasteiger partial charge < -0.3 is 5.32 Å². The van der Waals surface area contributed by atoms with Crippen molar-refractivity contribution in [1.82, 2.24) is 10.0 Å². The van der Waals surface area contributed by atoms with Gasteiger partial charge in [-0.2, -0.15) is 5.26 Å². The van der Waals surface area contributed by atoms with Gasteiger partial charge in [-0.05, 0) is 42.7 Å². The second-order valence-electron chi connectivity index (χ2n) is 7.01. The van der Waals surface area contributed by atoms with Gasteiger partial charge in [0.1, 0.15) is 0 Å². The molecule has 0 bridgehead atoms. The molecule has 2 aromatic rings. The molecule has 2 aromatic carbocycles. The number of nitrogens with zero attached hydrogens (tertiary/aromatic N) is 1. The smallest absolute Gasteiger partial charge is 0.251 e. The minimum absolute atomic E-state index is 0.00907. The number of hydrogen-bond acceptors (Lipinski definition) is 4. The maximum atomic E-state index is 12.5. The van der Waals surface area contributed by atoms with Gasteiger partial charge in [0.25, 0.3) is 5.91 Å². The lowest BCUT2D eigenvalue weighted by Crippen LogP contribution is -2.45. The van der Waals surface area contributed by atoms with Crippen molar-refractivity contribution < 1.29 is 13.2 Å². The van der Waals surface area contributed by atoms with Crippen LogP contribution in [0.15, 0.2) is 59.5 Å². The van der Waals surface area contributed by atoms with Crippen LogP contribution < -0.4 is 10.0 Å². The van der Waals surface area contributed by atoms with Crippen molar-refractivity contribution in [2.75, 3.05) is 13.1 Å². The van der Waals surface area contributed by atoms with Gasteiger partial charge >= 0.3 is 0 Å². The van der Waals surface area contributed by atoms with Crippen molar-refractivity contribution >= 4 is 15.9 Å². The minimum Gasteiger partial charge on any atom is -0.351 e. The van der Waals surface area contributed by atoms with E-state index in [-0.39, 0.29) is 29.2 Å². The predicted octanol–water partition coefficient (Wildman–Crippen LogP) is 2.73. The quantitative estimate of drug-likeness (QED) is 0.669. The van der Waals surface area contributed by atoms with E-state index in [0.717, 1.165) is 19.3 Å². The van der Waals surface area contributed by atoms with E-state index in [1.54, 1.807) is 0 Å². The summed E-state index contributed by atoms with van der Waals surface area (Å²) in [7, 11) is -3.67. The summed E-state index contributed by atoms with van der Waals surface area (Å²) in [5.74, 6) is -0.219. The molecule has 3 rings (SSSR count). The lowest BCUT2D eigenvalue weighted by Gasteiger charge is -2.42. The summed E-state index contributed by atoms with van der Waals surface area (Å²) in [6, 6.07) is 17.9. The molecule has 146 valence electrons. The Morgan fingerprint density at radius 1 is 1.07 bits per heavy atom. The highest BCUT2D eigenvalue weighted by atomic mass is 32.2. The third-order valence-corrected chi connectivity index (χ3v) is 6.72. The first-order valence-electron chi connectivity index (χ1n) is 9.27. The summed E-state index contributed by atoms with van der Waals surface area (Å²) >= 11 is 0. The molecular weight excluding hydrogens is 374 g/mol. The van der Waals surface area contributed by atoms with Crippen molar-refractivity contribution in [2.24, 2.45) is 0 Å². The zero-order valence-corrected chi connectivity index (χ0v) is 16.3. The molecule has 28 heavy (non-hydrogen) atoms. The Morgan fingerprint density at radius 3 is 2.32 bits per heavy atom. The molecule has 1 aliphatic rings. The largest absolute Gasteiger partial charge is 0.351 e. The van der Waals surface area contributed by atoms with Gasteiger partial charge in [-0.3, -0.25) is 4.79 Å². The third-order valence-electron chi connectivity index (χ3n) is 5.24. The summed E-state index contributed by atoms with van der Waals surface area (Å²) in [5.41, 5.74) is 1.65. The van der Waals surface area contributed by atoms with Gasteiger partial charge in [0.05, 0.1) is 11.0 Å². The molecule has 0 spiro atoms. The zero-order valence-electron chi connectivity index (χ0n) is 15.5. The molecule has 7 heteroatoms. The summed E-state index contributed by atoms with van der Waals surface area (Å²) in [4.78, 5) is 12.6. The molecule has 1 fully saturated rings. The maximum Gasteiger partial charge on any atom is 0.251 e. The Bertz CT molecular complexity index is 960. The molecule has 0 radical (unpaired) electrons. The van der Waals surface area contributed by atoms with Crippen molar-refractivity contribution in [3.63, 3.8) is 0 Å². The highest BCUT2D eigenvalue weighted by Gasteiger charge is 2.38. The van der Waals surface area contributed by atoms with E-state index in [1.165, 1.54) is 29.8 Å². The molecule has 0 aromatic heterocycles. The number of sulfonamides is 1. The number of nitrogens with one attached hydrogen (secondary N) is 2. The predicted molar refractivity (Wildman–Crippen MR) is 106 cm³/mol. The van der Waals surface area contributed by atoms with Crippen molar-refractivity contribution in [3.05, 3.63) is 65.7 Å². The SMILES string of the molecule is N#CCCNS(=O)(=O)c1ccc(C(=O)NCC2(c3ccccc3)CCC2)cc1. The fourth-order valence-corrected chi connectivity index (χ4v) is 4.46. The fraction of sp³-hybridized carbons (Fsp3) is 0.333. The number of carbonyl (C=O) groups is 1. The normalized spacial score (nSPS) is 15.2. The number of rotatable bonds is 8. The first kappa shape index (κ1) is 20.1. The molecule has 0 aliphatic heterocycles. The summed E-state index contributed by atoms with van der Waals surface area (Å²) < 4.78 is 26.6. The Morgan fingerprint density at radius 2 is 1.75 bits per heavy atom. The zero-order chi connectivity index (χ0) is 20.0. The number of benzene rings is 2. The van der Waals surface area contributed by atoms with Crippen LogP contribution in [0.25, 0.3) is 0 Å². The van der Waals surface area contributed by atoms with Crippen LogP contribution >= 0.6 is 0 Å². The standard InChI is InChI=1S/C21H23N3O3S/c22-14-5-15-24-28(26,27)19-10-8-17(9-11-19)20(25)23-16-21(12-4-13-21)18-6-2-1-3-7-18/h1-3,6-11,24H,4-5,12-13,15-16H2,(H,23,25). The second-order valence-corrected chi connectivity index (χ2v) is 8.78. The van der Waals surface area contributed by atoms with Crippen molar-refractivity contribution in [3.8, 4) is 6.07 Å². The van der Waals surface area contributed by atoms with Gasteiger partial charge in [-0.25, -0.2) is 13.1 Å². The molecule has 1 saturated carbocycles. The van der Waals surface area contributed by atoms with Crippen LogP contribution in [-0.2, 0) is 15.4 Å². The Balaban J connectivity index is 1.63. The van der Waals surface area contributed by atoms with Crippen LogP contribution in [0, 0.1) is 11.3 Å². The van der Waals surface area contributed by atoms with E-state index in [4.69, 9.17) is 5.26 Å². The van der Waals surface area contributed by atoms with E-state index >= 15 is 0 Å². The third kappa shape index (κ3) is 4.41. The molecule has 0 unspecified atom stereocenters. The van der Waals surface area contributed by atoms with Crippen LogP contribution in [-0.4, -0.2) is 27.4 Å². The Labute approximate surface area is 165 Å². The number of amides is 1. The lowest BCUT2D eigenvalue weighted by atomic mass is 9.64. The second kappa shape index (κ2) is 8.55. The molecule has 0 saturated heterocycles. The summed E-state index contributed by atoms with van der Waals surface area (Å²) in [6.45, 7) is 0.619. The van der Waals surface area contributed by atoms with Crippen LogP contribution in [0.3, 0.4) is 0 Å². The molecule has 6 nitrogen and oxygen atoms in total. The van der Waals surface area contributed by atoms with E-state index in [2.05, 4.69) is 22.2 Å². The fourth-order valence-electron chi connectivity index (χ4n) is 3.42. The number of nitriles is 1. The van der Waals surface area contributed by atoms with Crippen LogP contribution in [0.2, 0.25) is 0 Å². The minimum atomic E-state index is -3.67. The van der Waals surface area contributed by atoms with E-state index in [9.17, 15) is 13.2 Å². The Kier molecular flexibility index (Phi) is 6.12. The topological polar surface area (TPSA) is 99.1 Å². The number of hydrogen-bond donors (Lipinski definition) is 2. The lowest BCUT2D eigenvalue weighted by molar-refractivity contribution is 0.0927. The Hall–Kier alpha value is -2.69. The first-order chi connectivity index (χ1) is 13.5. The highest BCUT2D eigenvalue weighted by Crippen LogP contribution is 2.43. The monoisotopic (exact) mass is 397 g/mol. The average Bonchev–Trinajstić information content (AvgIpc) is 2.68. The molecule has 0 heterocycles. The number of carbonyl (C=O) groups excluding carboxylic acids is 1. The van der Waals surface area contributed by atoms with E-state index < -0.39 is 10.0 Å². The van der Waals surface area contributed by atoms with Gasteiger partial charge in [-0.1, -0.05) is 36.8 Å². The molecule has 1 amide bonds. The highest BCUT2D eigenvalue weighted by molar-refractivity contribution is 7.89. The van der Waals surface area contributed by atoms with E-state index in [0.29, 0.717) is 12.1 Å². The average molecular weight is 398 g/mol. The van der Waals surface area contributed by atoms with Gasteiger partial charge in [0.2, 0.25) is 10.0 Å². The molecule has 0 atom stereocenters. The van der Waals surface area contributed by atoms with Crippen LogP contribution in [0.4, 0.5) is 0 Å². The molecule has 2 N–H and O–H groups in total.